The highest BCUT2D eigenvalue weighted by Crippen LogP contribution is 2.34. The lowest BCUT2D eigenvalue weighted by molar-refractivity contribution is -0.0854. The zero-order chi connectivity index (χ0) is 14.4. The van der Waals surface area contributed by atoms with Crippen LogP contribution in [0.2, 0.25) is 0 Å². The molecule has 1 amide bonds. The van der Waals surface area contributed by atoms with Gasteiger partial charge in [0, 0.05) is 24.0 Å². The number of amides is 1. The fourth-order valence-electron chi connectivity index (χ4n) is 2.62. The molecule has 1 aliphatic rings. The molecule has 6 heteroatoms. The van der Waals surface area contributed by atoms with E-state index in [-0.39, 0.29) is 0 Å². The van der Waals surface area contributed by atoms with Crippen molar-refractivity contribution >= 4 is 11.6 Å². The quantitative estimate of drug-likeness (QED) is 0.779. The topological polar surface area (TPSA) is 70.4 Å². The first-order valence-electron chi connectivity index (χ1n) is 6.39. The summed E-state index contributed by atoms with van der Waals surface area (Å²) in [5.74, 6) is -0.410. The number of benzene rings is 1. The van der Waals surface area contributed by atoms with Gasteiger partial charge in [-0.2, -0.15) is 10.2 Å². The second-order valence-electron chi connectivity index (χ2n) is 4.95. The van der Waals surface area contributed by atoms with Gasteiger partial charge in [0.1, 0.15) is 0 Å². The van der Waals surface area contributed by atoms with Gasteiger partial charge in [-0.25, -0.2) is 0 Å². The van der Waals surface area contributed by atoms with E-state index in [1.165, 1.54) is 0 Å². The molecule has 1 atom stereocenters. The number of aryl methyl sites for hydroxylation is 2. The average Bonchev–Trinajstić information content (AvgIpc) is 2.68. The number of anilines is 1. The molecule has 6 nitrogen and oxygen atoms in total. The number of fused-ring (bicyclic) bond motifs is 1. The summed E-state index contributed by atoms with van der Waals surface area (Å²) in [4.78, 5) is 12.2. The number of hydroxylamine groups is 2. The second-order valence-corrected chi connectivity index (χ2v) is 4.95. The van der Waals surface area contributed by atoms with Crippen LogP contribution >= 0.6 is 0 Å². The summed E-state index contributed by atoms with van der Waals surface area (Å²) in [7, 11) is 1.84. The molecule has 1 aromatic carbocycles. The predicted octanol–water partition coefficient (Wildman–Crippen LogP) is 1.99. The number of aromatic nitrogens is 2. The molecule has 2 heterocycles. The number of nitrogens with zero attached hydrogens (tertiary/aromatic N) is 3. The van der Waals surface area contributed by atoms with Crippen LogP contribution in [0.5, 0.6) is 0 Å². The third kappa shape index (κ3) is 1.69. The Labute approximate surface area is 116 Å². The van der Waals surface area contributed by atoms with E-state index in [1.807, 2.05) is 33.0 Å². The van der Waals surface area contributed by atoms with Crippen molar-refractivity contribution < 1.29 is 10.0 Å². The highest BCUT2D eigenvalue weighted by Gasteiger charge is 2.34. The van der Waals surface area contributed by atoms with Gasteiger partial charge in [-0.1, -0.05) is 12.1 Å². The summed E-state index contributed by atoms with van der Waals surface area (Å²) in [5.41, 5.74) is 3.69. The molecule has 1 aliphatic heterocycles. The Morgan fingerprint density at radius 3 is 2.65 bits per heavy atom. The third-order valence-electron chi connectivity index (χ3n) is 3.74. The van der Waals surface area contributed by atoms with Crippen molar-refractivity contribution in [2.24, 2.45) is 7.05 Å². The molecule has 2 N–H and O–H groups in total. The summed E-state index contributed by atoms with van der Waals surface area (Å²) in [5, 5.41) is 18.4. The maximum Gasteiger partial charge on any atom is 0.281 e. The van der Waals surface area contributed by atoms with Crippen molar-refractivity contribution in [2.45, 2.75) is 20.0 Å². The fourth-order valence-corrected chi connectivity index (χ4v) is 2.62. The van der Waals surface area contributed by atoms with Crippen LogP contribution in [-0.2, 0) is 7.05 Å². The van der Waals surface area contributed by atoms with Gasteiger partial charge in [-0.05, 0) is 26.0 Å². The SMILES string of the molecule is Cc1nn(C)c(C)c1[C@@H]1Nc2ccccc2C(=O)N1O. The summed E-state index contributed by atoms with van der Waals surface area (Å²) in [6.45, 7) is 3.78. The third-order valence-corrected chi connectivity index (χ3v) is 3.74. The minimum absolute atomic E-state index is 0.410. The average molecular weight is 272 g/mol. The Bertz CT molecular complexity index is 692. The van der Waals surface area contributed by atoms with Crippen LogP contribution in [0.1, 0.15) is 33.5 Å². The monoisotopic (exact) mass is 272 g/mol. The Morgan fingerprint density at radius 1 is 1.30 bits per heavy atom. The summed E-state index contributed by atoms with van der Waals surface area (Å²) >= 11 is 0. The minimum atomic E-state index is -0.619. The van der Waals surface area contributed by atoms with Gasteiger partial charge in [0.2, 0.25) is 0 Å². The number of para-hydroxylation sites is 1. The van der Waals surface area contributed by atoms with Crippen LogP contribution in [0, 0.1) is 13.8 Å². The van der Waals surface area contributed by atoms with Crippen LogP contribution in [0.15, 0.2) is 24.3 Å². The van der Waals surface area contributed by atoms with Gasteiger partial charge in [0.15, 0.2) is 6.17 Å². The molecule has 2 aromatic rings. The van der Waals surface area contributed by atoms with Crippen molar-refractivity contribution in [1.82, 2.24) is 14.8 Å². The number of carbonyl (C=O) groups excluding carboxylic acids is 1. The molecule has 3 rings (SSSR count). The summed E-state index contributed by atoms with van der Waals surface area (Å²) < 4.78 is 1.74. The number of carbonyl (C=O) groups is 1. The number of hydrogen-bond donors (Lipinski definition) is 2. The van der Waals surface area contributed by atoms with Crippen molar-refractivity contribution in [1.29, 1.82) is 0 Å². The van der Waals surface area contributed by atoms with E-state index in [9.17, 15) is 10.0 Å². The van der Waals surface area contributed by atoms with Gasteiger partial charge >= 0.3 is 0 Å². The van der Waals surface area contributed by atoms with Crippen LogP contribution in [-0.4, -0.2) is 26.0 Å². The van der Waals surface area contributed by atoms with Crippen molar-refractivity contribution in [3.63, 3.8) is 0 Å². The van der Waals surface area contributed by atoms with Crippen LogP contribution < -0.4 is 5.32 Å². The summed E-state index contributed by atoms with van der Waals surface area (Å²) in [6.07, 6.45) is -0.619. The fraction of sp³-hybridized carbons (Fsp3) is 0.286. The lowest BCUT2D eigenvalue weighted by atomic mass is 10.0. The van der Waals surface area contributed by atoms with Crippen LogP contribution in [0.25, 0.3) is 0 Å². The van der Waals surface area contributed by atoms with Gasteiger partial charge in [-0.3, -0.25) is 14.7 Å². The van der Waals surface area contributed by atoms with E-state index in [2.05, 4.69) is 10.4 Å². The smallest absolute Gasteiger partial charge is 0.281 e. The Hall–Kier alpha value is -2.34. The van der Waals surface area contributed by atoms with E-state index in [4.69, 9.17) is 0 Å². The molecular formula is C14H16N4O2. The summed E-state index contributed by atoms with van der Waals surface area (Å²) in [6, 6.07) is 7.14. The first-order valence-corrected chi connectivity index (χ1v) is 6.39. The predicted molar refractivity (Wildman–Crippen MR) is 73.4 cm³/mol. The second kappa shape index (κ2) is 4.35. The first-order chi connectivity index (χ1) is 9.50. The molecule has 0 saturated carbocycles. The Kier molecular flexibility index (Phi) is 2.76. The van der Waals surface area contributed by atoms with E-state index in [1.54, 1.807) is 16.8 Å². The molecule has 0 aliphatic carbocycles. The lowest BCUT2D eigenvalue weighted by Gasteiger charge is -2.33. The molecule has 0 saturated heterocycles. The van der Waals surface area contributed by atoms with E-state index < -0.39 is 12.1 Å². The Balaban J connectivity index is 2.11. The number of rotatable bonds is 1. The first kappa shape index (κ1) is 12.7. The van der Waals surface area contributed by atoms with Crippen LogP contribution in [0.4, 0.5) is 5.69 Å². The van der Waals surface area contributed by atoms with Crippen molar-refractivity contribution in [2.75, 3.05) is 5.32 Å². The van der Waals surface area contributed by atoms with Gasteiger partial charge in [0.05, 0.1) is 11.3 Å². The van der Waals surface area contributed by atoms with Crippen LogP contribution in [0.3, 0.4) is 0 Å². The van der Waals surface area contributed by atoms with Gasteiger partial charge in [0.25, 0.3) is 5.91 Å². The van der Waals surface area contributed by atoms with E-state index in [0.29, 0.717) is 5.56 Å². The molecule has 20 heavy (non-hydrogen) atoms. The maximum absolute atomic E-state index is 12.2. The minimum Gasteiger partial charge on any atom is -0.359 e. The van der Waals surface area contributed by atoms with Crippen molar-refractivity contribution in [3.8, 4) is 0 Å². The number of nitrogens with one attached hydrogen (secondary N) is 1. The molecule has 0 bridgehead atoms. The standard InChI is InChI=1S/C14H16N4O2/c1-8-12(9(2)17(3)16-8)13-15-11-7-5-4-6-10(11)14(19)18(13)20/h4-7,13,15,20H,1-3H3/t13-/m1/s1. The zero-order valence-corrected chi connectivity index (χ0v) is 11.6. The van der Waals surface area contributed by atoms with E-state index >= 15 is 0 Å². The van der Waals surface area contributed by atoms with E-state index in [0.717, 1.165) is 27.7 Å². The van der Waals surface area contributed by atoms with Gasteiger partial charge < -0.3 is 5.32 Å². The molecule has 104 valence electrons. The maximum atomic E-state index is 12.2. The van der Waals surface area contributed by atoms with Gasteiger partial charge in [-0.15, -0.1) is 0 Å². The highest BCUT2D eigenvalue weighted by molar-refractivity contribution is 6.01. The normalized spacial score (nSPS) is 17.9. The molecule has 0 radical (unpaired) electrons. The highest BCUT2D eigenvalue weighted by atomic mass is 16.5. The molecule has 0 fully saturated rings. The largest absolute Gasteiger partial charge is 0.359 e. The lowest BCUT2D eigenvalue weighted by Crippen LogP contribution is -2.41. The number of hydrogen-bond acceptors (Lipinski definition) is 4. The molecular weight excluding hydrogens is 256 g/mol. The van der Waals surface area contributed by atoms with Crippen molar-refractivity contribution in [3.05, 3.63) is 46.8 Å². The molecule has 0 unspecified atom stereocenters. The molecule has 1 aromatic heterocycles. The Morgan fingerprint density at radius 2 is 2.00 bits per heavy atom. The zero-order valence-electron chi connectivity index (χ0n) is 11.6. The molecule has 0 spiro atoms.